The molecule has 8 heteroatoms. The predicted molar refractivity (Wildman–Crippen MR) is 74.6 cm³/mol. The topological polar surface area (TPSA) is 110 Å². The Labute approximate surface area is 123 Å². The number of aryl methyl sites for hydroxylation is 1. The lowest BCUT2D eigenvalue weighted by molar-refractivity contribution is -0.137. The average molecular weight is 315 g/mol. The number of esters is 1. The summed E-state index contributed by atoms with van der Waals surface area (Å²) in [5.41, 5.74) is 0.613. The van der Waals surface area contributed by atoms with E-state index >= 15 is 0 Å². The molecule has 21 heavy (non-hydrogen) atoms. The summed E-state index contributed by atoms with van der Waals surface area (Å²) in [7, 11) is -2.59. The third-order valence-electron chi connectivity index (χ3n) is 2.76. The van der Waals surface area contributed by atoms with Crippen LogP contribution in [0.2, 0.25) is 0 Å². The zero-order valence-electron chi connectivity index (χ0n) is 11.8. The first kappa shape index (κ1) is 17.1. The zero-order valence-corrected chi connectivity index (χ0v) is 12.6. The van der Waals surface area contributed by atoms with Gasteiger partial charge in [-0.2, -0.15) is 0 Å². The van der Waals surface area contributed by atoms with Crippen LogP contribution in [0.1, 0.15) is 28.8 Å². The van der Waals surface area contributed by atoms with Gasteiger partial charge in [0.2, 0.25) is 10.0 Å². The maximum Gasteiger partial charge on any atom is 0.337 e. The van der Waals surface area contributed by atoms with Crippen LogP contribution in [0, 0.1) is 6.92 Å². The number of benzene rings is 1. The van der Waals surface area contributed by atoms with Crippen molar-refractivity contribution in [3.63, 3.8) is 0 Å². The van der Waals surface area contributed by atoms with Gasteiger partial charge in [-0.05, 0) is 31.0 Å². The van der Waals surface area contributed by atoms with E-state index in [1.807, 2.05) is 0 Å². The second-order valence-corrected chi connectivity index (χ2v) is 6.10. The van der Waals surface area contributed by atoms with Gasteiger partial charge in [-0.25, -0.2) is 17.9 Å². The van der Waals surface area contributed by atoms with Gasteiger partial charge in [0, 0.05) is 13.0 Å². The molecule has 0 aliphatic heterocycles. The van der Waals surface area contributed by atoms with Crippen molar-refractivity contribution in [2.45, 2.75) is 24.7 Å². The number of carbonyl (C=O) groups excluding carboxylic acids is 1. The number of ether oxygens (including phenoxy) is 1. The first-order chi connectivity index (χ1) is 9.77. The third kappa shape index (κ3) is 4.83. The molecule has 0 aliphatic carbocycles. The molecule has 0 amide bonds. The molecule has 1 aromatic rings. The van der Waals surface area contributed by atoms with E-state index in [4.69, 9.17) is 5.11 Å². The monoisotopic (exact) mass is 315 g/mol. The molecule has 0 aromatic heterocycles. The average Bonchev–Trinajstić information content (AvgIpc) is 2.43. The fourth-order valence-corrected chi connectivity index (χ4v) is 3.00. The highest BCUT2D eigenvalue weighted by Crippen LogP contribution is 2.17. The zero-order chi connectivity index (χ0) is 16.0. The van der Waals surface area contributed by atoms with E-state index in [0.717, 1.165) is 0 Å². The fourth-order valence-electron chi connectivity index (χ4n) is 1.66. The van der Waals surface area contributed by atoms with Crippen molar-refractivity contribution in [3.8, 4) is 0 Å². The molecule has 0 atom stereocenters. The largest absolute Gasteiger partial charge is 0.481 e. The summed E-state index contributed by atoms with van der Waals surface area (Å²) in [5.74, 6) is -1.62. The summed E-state index contributed by atoms with van der Waals surface area (Å²) in [6.07, 6.45) is 0.0635. The van der Waals surface area contributed by atoms with Crippen molar-refractivity contribution >= 4 is 22.0 Å². The molecular formula is C13H17NO6S. The first-order valence-corrected chi connectivity index (χ1v) is 7.66. The lowest BCUT2D eigenvalue weighted by Crippen LogP contribution is -2.26. The Kier molecular flexibility index (Phi) is 5.86. The van der Waals surface area contributed by atoms with E-state index in [-0.39, 0.29) is 29.8 Å². The normalized spacial score (nSPS) is 11.1. The van der Waals surface area contributed by atoms with Crippen molar-refractivity contribution in [2.24, 2.45) is 0 Å². The molecule has 0 bridgehead atoms. The minimum Gasteiger partial charge on any atom is -0.481 e. The van der Waals surface area contributed by atoms with Crippen LogP contribution in [-0.2, 0) is 19.6 Å². The summed E-state index contributed by atoms with van der Waals surface area (Å²) < 4.78 is 31.2. The summed E-state index contributed by atoms with van der Waals surface area (Å²) in [4.78, 5) is 21.8. The molecule has 0 spiro atoms. The summed E-state index contributed by atoms with van der Waals surface area (Å²) in [6.45, 7) is 1.61. The molecule has 116 valence electrons. The quantitative estimate of drug-likeness (QED) is 0.572. The van der Waals surface area contributed by atoms with Gasteiger partial charge in [0.15, 0.2) is 0 Å². The van der Waals surface area contributed by atoms with Crippen molar-refractivity contribution < 1.29 is 27.9 Å². The Morgan fingerprint density at radius 1 is 1.33 bits per heavy atom. The van der Waals surface area contributed by atoms with Crippen LogP contribution in [0.15, 0.2) is 23.1 Å². The molecule has 0 aliphatic rings. The number of carbonyl (C=O) groups is 2. The number of aliphatic carboxylic acids is 1. The van der Waals surface area contributed by atoms with Crippen LogP contribution in [0.25, 0.3) is 0 Å². The van der Waals surface area contributed by atoms with E-state index in [1.54, 1.807) is 6.92 Å². The second-order valence-electron chi connectivity index (χ2n) is 4.37. The summed E-state index contributed by atoms with van der Waals surface area (Å²) >= 11 is 0. The number of hydrogen-bond acceptors (Lipinski definition) is 5. The van der Waals surface area contributed by atoms with Crippen LogP contribution >= 0.6 is 0 Å². The molecule has 0 saturated heterocycles. The number of sulfonamides is 1. The first-order valence-electron chi connectivity index (χ1n) is 6.18. The van der Waals surface area contributed by atoms with Gasteiger partial charge in [-0.15, -0.1) is 0 Å². The fraction of sp³-hybridized carbons (Fsp3) is 0.385. The molecule has 2 N–H and O–H groups in total. The summed E-state index contributed by atoms with van der Waals surface area (Å²) in [5, 5.41) is 8.50. The van der Waals surface area contributed by atoms with Crippen LogP contribution < -0.4 is 4.72 Å². The SMILES string of the molecule is COC(=O)c1ccc(C)c(S(=O)(=O)NCCCC(=O)O)c1. The number of rotatable bonds is 7. The third-order valence-corrected chi connectivity index (χ3v) is 4.36. The van der Waals surface area contributed by atoms with Crippen molar-refractivity contribution in [3.05, 3.63) is 29.3 Å². The van der Waals surface area contributed by atoms with E-state index in [9.17, 15) is 18.0 Å². The van der Waals surface area contributed by atoms with Crippen molar-refractivity contribution in [1.82, 2.24) is 4.72 Å². The maximum atomic E-state index is 12.2. The summed E-state index contributed by atoms with van der Waals surface area (Å²) in [6, 6.07) is 4.23. The predicted octanol–water partition coefficient (Wildman–Crippen LogP) is 0.925. The van der Waals surface area contributed by atoms with Crippen molar-refractivity contribution in [1.29, 1.82) is 0 Å². The highest BCUT2D eigenvalue weighted by atomic mass is 32.2. The van der Waals surface area contributed by atoms with E-state index < -0.39 is 22.0 Å². The van der Waals surface area contributed by atoms with Gasteiger partial charge in [0.1, 0.15) is 0 Å². The molecule has 1 aromatic carbocycles. The van der Waals surface area contributed by atoms with Crippen LogP contribution in [-0.4, -0.2) is 39.1 Å². The molecule has 0 heterocycles. The van der Waals surface area contributed by atoms with Gasteiger partial charge in [-0.3, -0.25) is 4.79 Å². The number of nitrogens with one attached hydrogen (secondary N) is 1. The number of hydrogen-bond donors (Lipinski definition) is 2. The Morgan fingerprint density at radius 2 is 2.00 bits per heavy atom. The number of carboxylic acids is 1. The smallest absolute Gasteiger partial charge is 0.337 e. The Bertz CT molecular complexity index is 638. The Hall–Kier alpha value is -1.93. The van der Waals surface area contributed by atoms with Crippen molar-refractivity contribution in [2.75, 3.05) is 13.7 Å². The minimum absolute atomic E-state index is 0.0104. The lowest BCUT2D eigenvalue weighted by atomic mass is 10.1. The van der Waals surface area contributed by atoms with E-state index in [0.29, 0.717) is 5.56 Å². The second kappa shape index (κ2) is 7.19. The van der Waals surface area contributed by atoms with Gasteiger partial charge in [0.05, 0.1) is 17.6 Å². The molecule has 7 nitrogen and oxygen atoms in total. The van der Waals surface area contributed by atoms with Gasteiger partial charge in [-0.1, -0.05) is 6.07 Å². The van der Waals surface area contributed by atoms with Gasteiger partial charge >= 0.3 is 11.9 Å². The standard InChI is InChI=1S/C13H17NO6S/c1-9-5-6-10(13(17)20-2)8-11(9)21(18,19)14-7-3-4-12(15)16/h5-6,8,14H,3-4,7H2,1-2H3,(H,15,16). The number of carboxylic acid groups (broad SMARTS) is 1. The highest BCUT2D eigenvalue weighted by molar-refractivity contribution is 7.89. The Morgan fingerprint density at radius 3 is 2.57 bits per heavy atom. The molecule has 0 fully saturated rings. The van der Waals surface area contributed by atoms with Crippen LogP contribution in [0.5, 0.6) is 0 Å². The molecule has 0 unspecified atom stereocenters. The molecular weight excluding hydrogens is 298 g/mol. The van der Waals surface area contributed by atoms with Crippen LogP contribution in [0.3, 0.4) is 0 Å². The molecule has 1 rings (SSSR count). The minimum atomic E-state index is -3.80. The molecule has 0 radical (unpaired) electrons. The van der Waals surface area contributed by atoms with E-state index in [2.05, 4.69) is 9.46 Å². The molecule has 0 saturated carbocycles. The van der Waals surface area contributed by atoms with E-state index in [1.165, 1.54) is 25.3 Å². The van der Waals surface area contributed by atoms with Gasteiger partial charge in [0.25, 0.3) is 0 Å². The Balaban J connectivity index is 2.91. The number of methoxy groups -OCH3 is 1. The maximum absolute atomic E-state index is 12.2. The highest BCUT2D eigenvalue weighted by Gasteiger charge is 2.19. The van der Waals surface area contributed by atoms with Crippen LogP contribution in [0.4, 0.5) is 0 Å². The lowest BCUT2D eigenvalue weighted by Gasteiger charge is -2.10. The van der Waals surface area contributed by atoms with Gasteiger partial charge < -0.3 is 9.84 Å².